The van der Waals surface area contributed by atoms with Crippen LogP contribution >= 0.6 is 0 Å². The summed E-state index contributed by atoms with van der Waals surface area (Å²) in [4.78, 5) is 40.0. The zero-order valence-corrected chi connectivity index (χ0v) is 15.4. The van der Waals surface area contributed by atoms with Crippen LogP contribution in [0.5, 0.6) is 5.75 Å². The quantitative estimate of drug-likeness (QED) is 0.730. The lowest BCUT2D eigenvalue weighted by atomic mass is 9.81. The summed E-state index contributed by atoms with van der Waals surface area (Å²) in [5, 5.41) is 0. The Balaban J connectivity index is 1.48. The van der Waals surface area contributed by atoms with Gasteiger partial charge in [0.2, 0.25) is 17.7 Å². The van der Waals surface area contributed by atoms with Gasteiger partial charge in [-0.25, -0.2) is 0 Å². The van der Waals surface area contributed by atoms with Crippen LogP contribution in [0.25, 0.3) is 0 Å². The van der Waals surface area contributed by atoms with E-state index < -0.39 is 0 Å². The zero-order chi connectivity index (χ0) is 18.7. The van der Waals surface area contributed by atoms with Crippen LogP contribution in [0.15, 0.2) is 24.3 Å². The van der Waals surface area contributed by atoms with E-state index in [-0.39, 0.29) is 36.1 Å². The first-order valence-corrected chi connectivity index (χ1v) is 9.26. The Morgan fingerprint density at radius 2 is 1.69 bits per heavy atom. The van der Waals surface area contributed by atoms with Crippen molar-refractivity contribution < 1.29 is 19.1 Å². The third-order valence-corrected chi connectivity index (χ3v) is 5.37. The fourth-order valence-corrected chi connectivity index (χ4v) is 3.70. The minimum absolute atomic E-state index is 0.161. The van der Waals surface area contributed by atoms with Crippen LogP contribution in [0.2, 0.25) is 0 Å². The van der Waals surface area contributed by atoms with Crippen molar-refractivity contribution in [2.45, 2.75) is 32.6 Å². The number of aryl methyl sites for hydroxylation is 1. The molecule has 2 fully saturated rings. The molecule has 0 bridgehead atoms. The molecule has 1 heterocycles. The number of ether oxygens (including phenoxy) is 1. The van der Waals surface area contributed by atoms with Crippen molar-refractivity contribution in [2.75, 3.05) is 26.7 Å². The van der Waals surface area contributed by atoms with Crippen LogP contribution in [0, 0.1) is 18.8 Å². The summed E-state index contributed by atoms with van der Waals surface area (Å²) in [6, 6.07) is 7.71. The largest absolute Gasteiger partial charge is 0.492 e. The Labute approximate surface area is 154 Å². The average Bonchev–Trinajstić information content (AvgIpc) is 2.88. The smallest absolute Gasteiger partial charge is 0.242 e. The number of carbonyl (C=O) groups excluding carboxylic acids is 3. The molecule has 0 spiro atoms. The molecule has 1 aliphatic heterocycles. The molecule has 140 valence electrons. The van der Waals surface area contributed by atoms with E-state index in [0.717, 1.165) is 37.0 Å². The number of likely N-dealkylation sites (tertiary alicyclic amines) is 1. The number of carbonyl (C=O) groups is 3. The summed E-state index contributed by atoms with van der Waals surface area (Å²) in [6.45, 7) is 2.60. The van der Waals surface area contributed by atoms with Gasteiger partial charge in [-0.05, 0) is 31.9 Å². The van der Waals surface area contributed by atoms with Crippen LogP contribution in [0.1, 0.15) is 31.2 Å². The lowest BCUT2D eigenvalue weighted by Gasteiger charge is -2.21. The maximum atomic E-state index is 12.4. The van der Waals surface area contributed by atoms with Crippen molar-refractivity contribution in [3.05, 3.63) is 29.8 Å². The second kappa shape index (κ2) is 7.89. The molecule has 1 aliphatic carbocycles. The Morgan fingerprint density at radius 3 is 2.27 bits per heavy atom. The number of benzene rings is 1. The summed E-state index contributed by atoms with van der Waals surface area (Å²) < 4.78 is 5.63. The van der Waals surface area contributed by atoms with Gasteiger partial charge in [0, 0.05) is 7.05 Å². The standard InChI is InChI=1S/C20H26N2O4/c1-14-7-9-15(10-8-14)26-12-11-21(2)18(23)13-22-19(24)16-5-3-4-6-17(16)20(22)25/h7-10,16-17H,3-6,11-13H2,1-2H3/t16-,17-/m1/s1. The molecule has 6 nitrogen and oxygen atoms in total. The van der Waals surface area contributed by atoms with Gasteiger partial charge in [-0.2, -0.15) is 0 Å². The number of amides is 3. The molecule has 2 atom stereocenters. The minimum Gasteiger partial charge on any atom is -0.492 e. The fourth-order valence-electron chi connectivity index (χ4n) is 3.70. The summed E-state index contributed by atoms with van der Waals surface area (Å²) in [5.41, 5.74) is 1.16. The van der Waals surface area contributed by atoms with Crippen LogP contribution in [-0.4, -0.2) is 54.3 Å². The molecule has 1 saturated heterocycles. The van der Waals surface area contributed by atoms with E-state index in [1.807, 2.05) is 31.2 Å². The highest BCUT2D eigenvalue weighted by molar-refractivity contribution is 6.07. The first-order valence-electron chi connectivity index (χ1n) is 9.26. The maximum Gasteiger partial charge on any atom is 0.242 e. The number of hydrogen-bond acceptors (Lipinski definition) is 4. The first-order chi connectivity index (χ1) is 12.5. The molecule has 3 rings (SSSR count). The Morgan fingerprint density at radius 1 is 1.12 bits per heavy atom. The van der Waals surface area contributed by atoms with E-state index in [0.29, 0.717) is 13.2 Å². The second-order valence-electron chi connectivity index (χ2n) is 7.24. The van der Waals surface area contributed by atoms with E-state index >= 15 is 0 Å². The third kappa shape index (κ3) is 3.89. The molecule has 0 unspecified atom stereocenters. The molecule has 1 saturated carbocycles. The van der Waals surface area contributed by atoms with Crippen molar-refractivity contribution >= 4 is 17.7 Å². The summed E-state index contributed by atoms with van der Waals surface area (Å²) in [6.07, 6.45) is 3.50. The SMILES string of the molecule is Cc1ccc(OCCN(C)C(=O)CN2C(=O)[C@@H]3CCCC[C@H]3C2=O)cc1. The van der Waals surface area contributed by atoms with Crippen LogP contribution < -0.4 is 4.74 Å². The van der Waals surface area contributed by atoms with Crippen molar-refractivity contribution in [1.29, 1.82) is 0 Å². The third-order valence-electron chi connectivity index (χ3n) is 5.37. The maximum absolute atomic E-state index is 12.4. The number of nitrogens with zero attached hydrogens (tertiary/aromatic N) is 2. The average molecular weight is 358 g/mol. The normalized spacial score (nSPS) is 22.3. The second-order valence-corrected chi connectivity index (χ2v) is 7.24. The van der Waals surface area contributed by atoms with Crippen LogP contribution in [0.3, 0.4) is 0 Å². The van der Waals surface area contributed by atoms with E-state index in [1.165, 1.54) is 9.80 Å². The van der Waals surface area contributed by atoms with Crippen molar-refractivity contribution in [3.63, 3.8) is 0 Å². The van der Waals surface area contributed by atoms with Gasteiger partial charge in [0.15, 0.2) is 0 Å². The number of imide groups is 1. The predicted molar refractivity (Wildman–Crippen MR) is 96.5 cm³/mol. The molecular formula is C20H26N2O4. The van der Waals surface area contributed by atoms with Gasteiger partial charge in [-0.15, -0.1) is 0 Å². The first kappa shape index (κ1) is 18.4. The summed E-state index contributed by atoms with van der Waals surface area (Å²) in [7, 11) is 1.67. The number of fused-ring (bicyclic) bond motifs is 1. The van der Waals surface area contributed by atoms with E-state index in [2.05, 4.69) is 0 Å². The Hall–Kier alpha value is -2.37. The van der Waals surface area contributed by atoms with Crippen molar-refractivity contribution in [1.82, 2.24) is 9.80 Å². The lowest BCUT2D eigenvalue weighted by Crippen LogP contribution is -2.42. The van der Waals surface area contributed by atoms with Gasteiger partial charge < -0.3 is 9.64 Å². The molecule has 1 aromatic rings. The van der Waals surface area contributed by atoms with E-state index in [9.17, 15) is 14.4 Å². The highest BCUT2D eigenvalue weighted by atomic mass is 16.5. The highest BCUT2D eigenvalue weighted by Crippen LogP contribution is 2.37. The monoisotopic (exact) mass is 358 g/mol. The minimum atomic E-state index is -0.238. The Bertz CT molecular complexity index is 662. The van der Waals surface area contributed by atoms with Gasteiger partial charge in [-0.3, -0.25) is 19.3 Å². The number of rotatable bonds is 6. The molecule has 0 aromatic heterocycles. The number of hydrogen-bond donors (Lipinski definition) is 0. The molecule has 3 amide bonds. The molecule has 0 N–H and O–H groups in total. The van der Waals surface area contributed by atoms with Gasteiger partial charge >= 0.3 is 0 Å². The van der Waals surface area contributed by atoms with Crippen LogP contribution in [0.4, 0.5) is 0 Å². The fraction of sp³-hybridized carbons (Fsp3) is 0.550. The predicted octanol–water partition coefficient (Wildman–Crippen LogP) is 2.01. The molecule has 0 radical (unpaired) electrons. The zero-order valence-electron chi connectivity index (χ0n) is 15.4. The molecular weight excluding hydrogens is 332 g/mol. The molecule has 6 heteroatoms. The summed E-state index contributed by atoms with van der Waals surface area (Å²) >= 11 is 0. The van der Waals surface area contributed by atoms with E-state index in [1.54, 1.807) is 7.05 Å². The Kier molecular flexibility index (Phi) is 5.59. The van der Waals surface area contributed by atoms with Crippen molar-refractivity contribution in [2.24, 2.45) is 11.8 Å². The van der Waals surface area contributed by atoms with Gasteiger partial charge in [-0.1, -0.05) is 30.5 Å². The topological polar surface area (TPSA) is 66.9 Å². The summed E-state index contributed by atoms with van der Waals surface area (Å²) in [5.74, 6) is -0.239. The van der Waals surface area contributed by atoms with Gasteiger partial charge in [0.25, 0.3) is 0 Å². The highest BCUT2D eigenvalue weighted by Gasteiger charge is 2.48. The lowest BCUT2D eigenvalue weighted by molar-refractivity contribution is -0.146. The molecule has 2 aliphatic rings. The molecule has 26 heavy (non-hydrogen) atoms. The van der Waals surface area contributed by atoms with Gasteiger partial charge in [0.05, 0.1) is 18.4 Å². The molecule has 1 aromatic carbocycles. The van der Waals surface area contributed by atoms with Crippen LogP contribution in [-0.2, 0) is 14.4 Å². The van der Waals surface area contributed by atoms with Gasteiger partial charge in [0.1, 0.15) is 18.9 Å². The van der Waals surface area contributed by atoms with Crippen molar-refractivity contribution in [3.8, 4) is 5.75 Å². The number of likely N-dealkylation sites (N-methyl/N-ethyl adjacent to an activating group) is 1. The van der Waals surface area contributed by atoms with E-state index in [4.69, 9.17) is 4.74 Å².